The normalized spacial score (nSPS) is 10.7. The average molecular weight is 382 g/mol. The van der Waals surface area contributed by atoms with Gasteiger partial charge < -0.3 is 8.83 Å². The highest BCUT2D eigenvalue weighted by atomic mass is 35.5. The van der Waals surface area contributed by atoms with Crippen LogP contribution in [-0.4, -0.2) is 0 Å². The van der Waals surface area contributed by atoms with Crippen molar-refractivity contribution in [2.24, 2.45) is 4.99 Å². The zero-order valence-corrected chi connectivity index (χ0v) is 15.0. The number of hydrogen-bond acceptors (Lipinski definition) is 3. The Morgan fingerprint density at radius 3 is 1.69 bits per heavy atom. The Hall–Kier alpha value is -2.75. The molecule has 128 valence electrons. The van der Waals surface area contributed by atoms with Gasteiger partial charge in [-0.1, -0.05) is 83.9 Å². The second-order valence-corrected chi connectivity index (χ2v) is 6.41. The van der Waals surface area contributed by atoms with Crippen LogP contribution < -0.4 is 5.75 Å². The molecule has 0 bridgehead atoms. The second-order valence-electron chi connectivity index (χ2n) is 5.57. The van der Waals surface area contributed by atoms with E-state index in [9.17, 15) is 0 Å². The van der Waals surface area contributed by atoms with Gasteiger partial charge in [-0.15, -0.1) is 0 Å². The predicted octanol–water partition coefficient (Wildman–Crippen LogP) is 6.75. The van der Waals surface area contributed by atoms with Crippen molar-refractivity contribution in [1.29, 1.82) is 0 Å². The number of halogens is 2. The molecule has 0 atom stereocenters. The van der Waals surface area contributed by atoms with E-state index in [2.05, 4.69) is 4.99 Å². The fraction of sp³-hybridized carbons (Fsp3) is 0. The van der Waals surface area contributed by atoms with Gasteiger partial charge in [-0.3, -0.25) is 0 Å². The molecule has 0 spiro atoms. The summed E-state index contributed by atoms with van der Waals surface area (Å²) in [6, 6.07) is 24.6. The molecule has 0 radical (unpaired) electrons. The van der Waals surface area contributed by atoms with E-state index in [0.29, 0.717) is 27.3 Å². The maximum absolute atomic E-state index is 6.20. The molecule has 3 aromatic carbocycles. The van der Waals surface area contributed by atoms with Gasteiger partial charge in [0.05, 0.1) is 10.7 Å². The number of rotatable bonds is 3. The standard InChI is InChI=1S/C21H13Cl2NO2/c22-16-11-12-18(17(23)13-16)24-21-25-19(14-7-3-1-4-8-14)20(26-21)15-9-5-2-6-10-15/h1-13H. The Kier molecular flexibility index (Phi) is 4.65. The molecule has 0 aliphatic rings. The van der Waals surface area contributed by atoms with Crippen LogP contribution in [-0.2, 0) is 0 Å². The highest BCUT2D eigenvalue weighted by molar-refractivity contribution is 6.36. The quantitative estimate of drug-likeness (QED) is 0.393. The van der Waals surface area contributed by atoms with Crippen molar-refractivity contribution in [3.63, 3.8) is 0 Å². The van der Waals surface area contributed by atoms with Crippen LogP contribution in [0.15, 0.2) is 92.7 Å². The van der Waals surface area contributed by atoms with E-state index in [1.165, 1.54) is 0 Å². The van der Waals surface area contributed by atoms with E-state index in [1.807, 2.05) is 60.7 Å². The minimum absolute atomic E-state index is 0.118. The molecule has 0 saturated carbocycles. The number of hydrogen-bond donors (Lipinski definition) is 0. The van der Waals surface area contributed by atoms with Gasteiger partial charge in [0.15, 0.2) is 11.5 Å². The van der Waals surface area contributed by atoms with Crippen LogP contribution in [0, 0.1) is 0 Å². The minimum Gasteiger partial charge on any atom is -0.406 e. The molecule has 0 unspecified atom stereocenters. The third kappa shape index (κ3) is 3.45. The lowest BCUT2D eigenvalue weighted by Crippen LogP contribution is -1.92. The first-order valence-electron chi connectivity index (χ1n) is 7.95. The summed E-state index contributed by atoms with van der Waals surface area (Å²) in [5.41, 5.74) is 2.32. The fourth-order valence-electron chi connectivity index (χ4n) is 2.56. The smallest absolute Gasteiger partial charge is 0.400 e. The summed E-state index contributed by atoms with van der Waals surface area (Å²) < 4.78 is 11.8. The highest BCUT2D eigenvalue weighted by Gasteiger charge is 2.16. The van der Waals surface area contributed by atoms with Crippen LogP contribution in [0.2, 0.25) is 10.0 Å². The molecule has 1 heterocycles. The van der Waals surface area contributed by atoms with Crippen molar-refractivity contribution in [2.45, 2.75) is 0 Å². The molecular formula is C21H13Cl2NO2. The molecule has 0 N–H and O–H groups in total. The molecule has 3 nitrogen and oxygen atoms in total. The lowest BCUT2D eigenvalue weighted by molar-refractivity contribution is 0.376. The van der Waals surface area contributed by atoms with Crippen LogP contribution in [0.3, 0.4) is 0 Å². The summed E-state index contributed by atoms with van der Waals surface area (Å²) >= 11 is 12.1. The van der Waals surface area contributed by atoms with Gasteiger partial charge in [0.2, 0.25) is 0 Å². The van der Waals surface area contributed by atoms with Gasteiger partial charge in [-0.2, -0.15) is 4.99 Å². The molecule has 0 fully saturated rings. The van der Waals surface area contributed by atoms with Crippen molar-refractivity contribution < 1.29 is 8.83 Å². The van der Waals surface area contributed by atoms with Gasteiger partial charge in [-0.05, 0) is 18.2 Å². The summed E-state index contributed by atoms with van der Waals surface area (Å²) in [6.45, 7) is 0. The van der Waals surface area contributed by atoms with Crippen LogP contribution in [0.4, 0.5) is 5.69 Å². The molecule has 26 heavy (non-hydrogen) atoms. The van der Waals surface area contributed by atoms with Crippen molar-refractivity contribution >= 4 is 28.9 Å². The molecule has 0 aliphatic carbocycles. The maximum Gasteiger partial charge on any atom is 0.400 e. The molecule has 4 rings (SSSR count). The Bertz CT molecular complexity index is 1040. The van der Waals surface area contributed by atoms with Crippen LogP contribution in [0.1, 0.15) is 0 Å². The summed E-state index contributed by atoms with van der Waals surface area (Å²) in [5, 5.41) is 0.965. The predicted molar refractivity (Wildman–Crippen MR) is 104 cm³/mol. The second kappa shape index (κ2) is 7.24. The summed E-state index contributed by atoms with van der Waals surface area (Å²) in [6.07, 6.45) is 0. The van der Waals surface area contributed by atoms with Crippen molar-refractivity contribution in [1.82, 2.24) is 0 Å². The molecule has 0 aliphatic heterocycles. The summed E-state index contributed by atoms with van der Waals surface area (Å²) in [5.74, 6) is 1.34. The largest absolute Gasteiger partial charge is 0.406 e. The number of nitrogens with zero attached hydrogens (tertiary/aromatic N) is 1. The lowest BCUT2D eigenvalue weighted by Gasteiger charge is -1.99. The third-order valence-corrected chi connectivity index (χ3v) is 4.32. The zero-order chi connectivity index (χ0) is 17.9. The van der Waals surface area contributed by atoms with Gasteiger partial charge in [-0.25, -0.2) is 0 Å². The third-order valence-electron chi connectivity index (χ3n) is 3.78. The van der Waals surface area contributed by atoms with Gasteiger partial charge in [0.25, 0.3) is 0 Å². The molecular weight excluding hydrogens is 369 g/mol. The lowest BCUT2D eigenvalue weighted by atomic mass is 10.1. The van der Waals surface area contributed by atoms with E-state index in [4.69, 9.17) is 32.0 Å². The SMILES string of the molecule is Clc1ccc(N=c2oc(-c3ccccc3)c(-c3ccccc3)o2)c(Cl)c1. The highest BCUT2D eigenvalue weighted by Crippen LogP contribution is 2.32. The van der Waals surface area contributed by atoms with Crippen LogP contribution in [0.5, 0.6) is 0 Å². The minimum atomic E-state index is 0.118. The van der Waals surface area contributed by atoms with E-state index >= 15 is 0 Å². The zero-order valence-electron chi connectivity index (χ0n) is 13.5. The molecule has 5 heteroatoms. The molecule has 0 amide bonds. The van der Waals surface area contributed by atoms with Crippen molar-refractivity contribution in [3.8, 4) is 22.6 Å². The van der Waals surface area contributed by atoms with Crippen molar-refractivity contribution in [2.75, 3.05) is 0 Å². The fourth-order valence-corrected chi connectivity index (χ4v) is 3.01. The van der Waals surface area contributed by atoms with Gasteiger partial charge in [0.1, 0.15) is 0 Å². The van der Waals surface area contributed by atoms with Crippen LogP contribution >= 0.6 is 23.2 Å². The summed E-state index contributed by atoms with van der Waals surface area (Å²) in [7, 11) is 0. The van der Waals surface area contributed by atoms with E-state index in [1.54, 1.807) is 18.2 Å². The maximum atomic E-state index is 6.20. The molecule has 4 aromatic rings. The van der Waals surface area contributed by atoms with Crippen LogP contribution in [0.25, 0.3) is 22.6 Å². The topological polar surface area (TPSA) is 38.6 Å². The molecule has 0 saturated heterocycles. The van der Waals surface area contributed by atoms with E-state index < -0.39 is 0 Å². The number of benzene rings is 3. The average Bonchev–Trinajstić information content (AvgIpc) is 3.09. The Balaban J connectivity index is 1.90. The first-order valence-corrected chi connectivity index (χ1v) is 8.71. The van der Waals surface area contributed by atoms with Crippen molar-refractivity contribution in [3.05, 3.63) is 94.7 Å². The Labute approximate surface area is 160 Å². The van der Waals surface area contributed by atoms with Gasteiger partial charge >= 0.3 is 5.75 Å². The molecule has 1 aromatic heterocycles. The monoisotopic (exact) mass is 381 g/mol. The van der Waals surface area contributed by atoms with E-state index in [0.717, 1.165) is 11.1 Å². The van der Waals surface area contributed by atoms with Gasteiger partial charge in [0, 0.05) is 16.1 Å². The Morgan fingerprint density at radius 1 is 0.654 bits per heavy atom. The Morgan fingerprint density at radius 2 is 1.19 bits per heavy atom. The first kappa shape index (κ1) is 16.7. The van der Waals surface area contributed by atoms with E-state index in [-0.39, 0.29) is 5.75 Å². The first-order chi connectivity index (χ1) is 12.7. The summed E-state index contributed by atoms with van der Waals surface area (Å²) in [4.78, 5) is 4.39.